The van der Waals surface area contributed by atoms with Crippen molar-refractivity contribution in [2.24, 2.45) is 0 Å². The third-order valence-corrected chi connectivity index (χ3v) is 1.73. The minimum atomic E-state index is -0.882. The van der Waals surface area contributed by atoms with Gasteiger partial charge in [0.05, 0.1) is 12.8 Å². The van der Waals surface area contributed by atoms with Crippen LogP contribution in [0.4, 0.5) is 0 Å². The van der Waals surface area contributed by atoms with Crippen molar-refractivity contribution >= 4 is 11.9 Å². The Bertz CT molecular complexity index is 188. The minimum Gasteiger partial charge on any atom is -0.481 e. The van der Waals surface area contributed by atoms with Crippen molar-refractivity contribution in [3.63, 3.8) is 0 Å². The Balaban J connectivity index is 3.89. The van der Waals surface area contributed by atoms with Gasteiger partial charge in [0.1, 0.15) is 0 Å². The smallest absolute Gasteiger partial charge is 0.304 e. The van der Waals surface area contributed by atoms with Gasteiger partial charge < -0.3 is 10.2 Å². The zero-order valence-electron chi connectivity index (χ0n) is 8.43. The quantitative estimate of drug-likeness (QED) is 0.555. The molecular formula is C8H16N2O4. The third-order valence-electron chi connectivity index (χ3n) is 1.73. The maximum absolute atomic E-state index is 10.3. The van der Waals surface area contributed by atoms with Crippen molar-refractivity contribution in [1.82, 2.24) is 10.0 Å². The van der Waals surface area contributed by atoms with Crippen LogP contribution in [-0.2, 0) is 9.59 Å². The molecule has 0 aromatic heterocycles. The van der Waals surface area contributed by atoms with E-state index in [0.29, 0.717) is 13.1 Å². The van der Waals surface area contributed by atoms with Gasteiger partial charge in [0.25, 0.3) is 0 Å². The molecule has 6 nitrogen and oxygen atoms in total. The van der Waals surface area contributed by atoms with E-state index in [4.69, 9.17) is 10.2 Å². The van der Waals surface area contributed by atoms with Crippen molar-refractivity contribution in [1.29, 1.82) is 0 Å². The average molecular weight is 204 g/mol. The predicted molar refractivity (Wildman–Crippen MR) is 49.8 cm³/mol. The molecule has 0 rings (SSSR count). The van der Waals surface area contributed by atoms with Crippen LogP contribution in [0.5, 0.6) is 0 Å². The van der Waals surface area contributed by atoms with Gasteiger partial charge in [-0.25, -0.2) is 10.0 Å². The van der Waals surface area contributed by atoms with Crippen LogP contribution in [-0.4, -0.2) is 59.4 Å². The number of aliphatic carboxylic acids is 2. The van der Waals surface area contributed by atoms with Gasteiger partial charge >= 0.3 is 11.9 Å². The summed E-state index contributed by atoms with van der Waals surface area (Å²) in [6.45, 7) is 0.658. The fourth-order valence-corrected chi connectivity index (χ4v) is 0.961. The van der Waals surface area contributed by atoms with E-state index in [0.717, 1.165) is 0 Å². The highest BCUT2D eigenvalue weighted by molar-refractivity contribution is 5.67. The molecule has 0 aromatic carbocycles. The third kappa shape index (κ3) is 6.38. The minimum absolute atomic E-state index is 0.0117. The van der Waals surface area contributed by atoms with Crippen LogP contribution in [0.3, 0.4) is 0 Å². The number of carboxylic acid groups (broad SMARTS) is 2. The highest BCUT2D eigenvalue weighted by atomic mass is 16.4. The molecule has 0 unspecified atom stereocenters. The molecule has 0 radical (unpaired) electrons. The molecule has 0 saturated carbocycles. The summed E-state index contributed by atoms with van der Waals surface area (Å²) in [5.41, 5.74) is 0. The number of nitrogens with zero attached hydrogens (tertiary/aromatic N) is 2. The molecule has 0 aliphatic rings. The van der Waals surface area contributed by atoms with Gasteiger partial charge in [-0.1, -0.05) is 0 Å². The second-order valence-corrected chi connectivity index (χ2v) is 3.09. The fourth-order valence-electron chi connectivity index (χ4n) is 0.961. The molecule has 0 fully saturated rings. The molecule has 0 heterocycles. The van der Waals surface area contributed by atoms with Gasteiger partial charge in [-0.15, -0.1) is 0 Å². The van der Waals surface area contributed by atoms with Crippen molar-refractivity contribution < 1.29 is 19.8 Å². The normalized spacial score (nSPS) is 10.9. The van der Waals surface area contributed by atoms with Gasteiger partial charge in [0.15, 0.2) is 0 Å². The lowest BCUT2D eigenvalue weighted by Gasteiger charge is -2.27. The first-order chi connectivity index (χ1) is 6.43. The fraction of sp³-hybridized carbons (Fsp3) is 0.750. The zero-order chi connectivity index (χ0) is 11.1. The molecule has 6 heteroatoms. The zero-order valence-corrected chi connectivity index (χ0v) is 8.43. The summed E-state index contributed by atoms with van der Waals surface area (Å²) in [5.74, 6) is -1.76. The monoisotopic (exact) mass is 204 g/mol. The molecule has 0 amide bonds. The standard InChI is InChI=1S/C8H16N2O4/c1-9(2)10(5-3-7(11)12)6-4-8(13)14/h3-6H2,1-2H3,(H,11,12)(H,13,14). The van der Waals surface area contributed by atoms with Gasteiger partial charge in [-0.05, 0) is 0 Å². The van der Waals surface area contributed by atoms with Gasteiger partial charge in [0, 0.05) is 27.2 Å². The van der Waals surface area contributed by atoms with E-state index in [9.17, 15) is 9.59 Å². The maximum atomic E-state index is 10.3. The summed E-state index contributed by atoms with van der Waals surface area (Å²) in [4.78, 5) is 20.6. The van der Waals surface area contributed by atoms with Crippen LogP contribution in [0.15, 0.2) is 0 Å². The van der Waals surface area contributed by atoms with Crippen LogP contribution in [0.1, 0.15) is 12.8 Å². The summed E-state index contributed by atoms with van der Waals surface area (Å²) in [7, 11) is 3.51. The Kier molecular flexibility index (Phi) is 5.82. The molecule has 0 aliphatic heterocycles. The molecule has 2 N–H and O–H groups in total. The van der Waals surface area contributed by atoms with E-state index in [2.05, 4.69) is 0 Å². The Morgan fingerprint density at radius 2 is 1.36 bits per heavy atom. The van der Waals surface area contributed by atoms with Crippen LogP contribution in [0.2, 0.25) is 0 Å². The largest absolute Gasteiger partial charge is 0.481 e. The molecule has 0 aromatic rings. The van der Waals surface area contributed by atoms with Crippen molar-refractivity contribution in [3.8, 4) is 0 Å². The first kappa shape index (κ1) is 12.9. The lowest BCUT2D eigenvalue weighted by molar-refractivity contribution is -0.139. The second-order valence-electron chi connectivity index (χ2n) is 3.09. The molecule has 0 saturated heterocycles. The first-order valence-corrected chi connectivity index (χ1v) is 4.29. The summed E-state index contributed by atoms with van der Waals surface area (Å²) in [6.07, 6.45) is 0.0234. The predicted octanol–water partition coefficient (Wildman–Crippen LogP) is -0.286. The molecule has 14 heavy (non-hydrogen) atoms. The van der Waals surface area contributed by atoms with E-state index in [1.54, 1.807) is 24.1 Å². The van der Waals surface area contributed by atoms with E-state index >= 15 is 0 Å². The van der Waals surface area contributed by atoms with Gasteiger partial charge in [0.2, 0.25) is 0 Å². The Morgan fingerprint density at radius 3 is 1.57 bits per heavy atom. The average Bonchev–Trinajstić information content (AvgIpc) is 2.02. The Morgan fingerprint density at radius 1 is 1.00 bits per heavy atom. The summed E-state index contributed by atoms with van der Waals surface area (Å²) in [5, 5.41) is 20.3. The van der Waals surface area contributed by atoms with Crippen LogP contribution in [0, 0.1) is 0 Å². The Hall–Kier alpha value is -1.14. The van der Waals surface area contributed by atoms with Crippen LogP contribution in [0.25, 0.3) is 0 Å². The van der Waals surface area contributed by atoms with E-state index in [1.165, 1.54) is 0 Å². The lowest BCUT2D eigenvalue weighted by atomic mass is 10.3. The molecule has 82 valence electrons. The van der Waals surface area contributed by atoms with Crippen molar-refractivity contribution in [2.45, 2.75) is 12.8 Å². The summed E-state index contributed by atoms with van der Waals surface area (Å²) < 4.78 is 0. The topological polar surface area (TPSA) is 81.1 Å². The first-order valence-electron chi connectivity index (χ1n) is 4.29. The molecule has 0 aliphatic carbocycles. The molecule has 0 bridgehead atoms. The second kappa shape index (κ2) is 6.33. The molecular weight excluding hydrogens is 188 g/mol. The lowest BCUT2D eigenvalue weighted by Crippen LogP contribution is -2.39. The SMILES string of the molecule is CN(C)N(CCC(=O)O)CCC(=O)O. The summed E-state index contributed by atoms with van der Waals surface area (Å²) >= 11 is 0. The van der Waals surface area contributed by atoms with Crippen LogP contribution >= 0.6 is 0 Å². The van der Waals surface area contributed by atoms with Gasteiger partial charge in [-0.3, -0.25) is 9.59 Å². The molecule has 0 spiro atoms. The highest BCUT2D eigenvalue weighted by Crippen LogP contribution is 1.96. The Labute approximate surface area is 82.7 Å². The van der Waals surface area contributed by atoms with E-state index in [1.807, 2.05) is 0 Å². The summed E-state index contributed by atoms with van der Waals surface area (Å²) in [6, 6.07) is 0. The van der Waals surface area contributed by atoms with Gasteiger partial charge in [-0.2, -0.15) is 0 Å². The maximum Gasteiger partial charge on any atom is 0.304 e. The van der Waals surface area contributed by atoms with E-state index < -0.39 is 11.9 Å². The van der Waals surface area contributed by atoms with Crippen molar-refractivity contribution in [2.75, 3.05) is 27.2 Å². The number of carbonyl (C=O) groups is 2. The molecule has 0 atom stereocenters. The van der Waals surface area contributed by atoms with Crippen LogP contribution < -0.4 is 0 Å². The number of carboxylic acids is 2. The van der Waals surface area contributed by atoms with E-state index in [-0.39, 0.29) is 12.8 Å². The number of hydrogen-bond donors (Lipinski definition) is 2. The van der Waals surface area contributed by atoms with Crippen molar-refractivity contribution in [3.05, 3.63) is 0 Å². The number of hydrazine groups is 1. The highest BCUT2D eigenvalue weighted by Gasteiger charge is 2.10. The number of hydrogen-bond acceptors (Lipinski definition) is 4. The number of rotatable bonds is 7.